The van der Waals surface area contributed by atoms with Crippen molar-refractivity contribution in [3.05, 3.63) is 60.2 Å². The number of hydrogen-bond acceptors (Lipinski definition) is 4. The van der Waals surface area contributed by atoms with E-state index in [4.69, 9.17) is 0 Å². The van der Waals surface area contributed by atoms with Crippen molar-refractivity contribution >= 4 is 29.4 Å². The van der Waals surface area contributed by atoms with Crippen molar-refractivity contribution in [2.45, 2.75) is 16.7 Å². The summed E-state index contributed by atoms with van der Waals surface area (Å²) in [5.74, 6) is -3.02. The Hall–Kier alpha value is -2.61. The predicted octanol–water partition coefficient (Wildman–Crippen LogP) is 3.61. The number of anilines is 1. The number of hydrogen-bond donors (Lipinski definition) is 3. The summed E-state index contributed by atoms with van der Waals surface area (Å²) >= 11 is 0.447. The minimum atomic E-state index is -2.49. The summed E-state index contributed by atoms with van der Waals surface area (Å²) < 4.78 is 24.7. The molecule has 5 nitrogen and oxygen atoms in total. The molecule has 0 radical (unpaired) electrons. The minimum absolute atomic E-state index is 0.423. The number of nitrogens with one attached hydrogen (secondary N) is 3. The van der Waals surface area contributed by atoms with Crippen molar-refractivity contribution in [3.63, 3.8) is 0 Å². The van der Waals surface area contributed by atoms with Crippen LogP contribution in [0.15, 0.2) is 59.5 Å². The largest absolute Gasteiger partial charge is 0.370 e. The second kappa shape index (κ2) is 9.03. The first-order valence-corrected chi connectivity index (χ1v) is 8.26. The molecule has 0 aliphatic rings. The van der Waals surface area contributed by atoms with Crippen LogP contribution in [0.3, 0.4) is 0 Å². The van der Waals surface area contributed by atoms with E-state index in [9.17, 15) is 18.4 Å². The molecule has 3 N–H and O–H groups in total. The van der Waals surface area contributed by atoms with Gasteiger partial charge in [-0.25, -0.2) is 4.79 Å². The maximum atomic E-state index is 12.4. The summed E-state index contributed by atoms with van der Waals surface area (Å²) in [6.07, 6.45) is 0. The van der Waals surface area contributed by atoms with Crippen LogP contribution in [0.1, 0.15) is 11.6 Å². The van der Waals surface area contributed by atoms with Crippen molar-refractivity contribution in [3.8, 4) is 0 Å². The van der Waals surface area contributed by atoms with E-state index >= 15 is 0 Å². The molecule has 0 saturated heterocycles. The maximum Gasteiger partial charge on any atom is 0.321 e. The molecule has 0 fully saturated rings. The van der Waals surface area contributed by atoms with Gasteiger partial charge in [0.1, 0.15) is 6.04 Å². The van der Waals surface area contributed by atoms with Crippen molar-refractivity contribution in [1.29, 1.82) is 0 Å². The Kier molecular flexibility index (Phi) is 6.76. The fraction of sp³-hybridized carbons (Fsp3) is 0.176. The van der Waals surface area contributed by atoms with Gasteiger partial charge in [0.15, 0.2) is 0 Å². The predicted molar refractivity (Wildman–Crippen MR) is 93.7 cm³/mol. The molecular weight excluding hydrogens is 348 g/mol. The number of carbonyl (C=O) groups is 2. The highest BCUT2D eigenvalue weighted by atomic mass is 32.2. The van der Waals surface area contributed by atoms with Crippen LogP contribution in [0.4, 0.5) is 19.3 Å². The molecule has 0 unspecified atom stereocenters. The topological polar surface area (TPSA) is 70.2 Å². The highest BCUT2D eigenvalue weighted by molar-refractivity contribution is 7.99. The number of urea groups is 1. The number of amides is 3. The first-order chi connectivity index (χ1) is 12.0. The van der Waals surface area contributed by atoms with Crippen LogP contribution in [0, 0.1) is 0 Å². The van der Waals surface area contributed by atoms with E-state index in [1.807, 2.05) is 6.07 Å². The smallest absolute Gasteiger partial charge is 0.321 e. The van der Waals surface area contributed by atoms with Gasteiger partial charge in [0, 0.05) is 17.6 Å². The van der Waals surface area contributed by atoms with Crippen LogP contribution in [0.2, 0.25) is 0 Å². The molecule has 1 atom stereocenters. The Bertz CT molecular complexity index is 712. The molecule has 0 spiro atoms. The molecule has 0 aliphatic heterocycles. The molecule has 132 valence electrons. The number of benzene rings is 2. The number of rotatable bonds is 6. The Labute approximate surface area is 148 Å². The van der Waals surface area contributed by atoms with E-state index in [2.05, 4.69) is 16.0 Å². The Morgan fingerprint density at radius 3 is 2.20 bits per heavy atom. The third-order valence-corrected chi connectivity index (χ3v) is 3.97. The molecule has 0 bridgehead atoms. The average Bonchev–Trinajstić information content (AvgIpc) is 2.61. The molecule has 8 heteroatoms. The van der Waals surface area contributed by atoms with E-state index < -0.39 is 23.7 Å². The number of thioether (sulfide) groups is 1. The summed E-state index contributed by atoms with van der Waals surface area (Å²) in [4.78, 5) is 24.2. The monoisotopic (exact) mass is 365 g/mol. The lowest BCUT2D eigenvalue weighted by atomic mass is 10.1. The van der Waals surface area contributed by atoms with Crippen molar-refractivity contribution in [1.82, 2.24) is 10.6 Å². The van der Waals surface area contributed by atoms with Gasteiger partial charge < -0.3 is 10.6 Å². The van der Waals surface area contributed by atoms with Gasteiger partial charge in [-0.05, 0) is 29.8 Å². The minimum Gasteiger partial charge on any atom is -0.370 e. The van der Waals surface area contributed by atoms with Gasteiger partial charge in [0.2, 0.25) is 0 Å². The summed E-state index contributed by atoms with van der Waals surface area (Å²) in [6.45, 7) is 0. The van der Waals surface area contributed by atoms with Gasteiger partial charge in [-0.3, -0.25) is 10.1 Å². The van der Waals surface area contributed by atoms with Crippen molar-refractivity contribution < 1.29 is 18.4 Å². The van der Waals surface area contributed by atoms with Crippen molar-refractivity contribution in [2.24, 2.45) is 0 Å². The van der Waals surface area contributed by atoms with Crippen LogP contribution in [0.5, 0.6) is 0 Å². The molecule has 0 aromatic heterocycles. The van der Waals surface area contributed by atoms with E-state index in [1.165, 1.54) is 19.2 Å². The molecule has 2 aromatic rings. The van der Waals surface area contributed by atoms with Gasteiger partial charge in [0.05, 0.1) is 0 Å². The van der Waals surface area contributed by atoms with Crippen LogP contribution in [-0.2, 0) is 4.79 Å². The number of halogens is 2. The quantitative estimate of drug-likeness (QED) is 0.684. The van der Waals surface area contributed by atoms with Gasteiger partial charge >= 0.3 is 6.03 Å². The zero-order chi connectivity index (χ0) is 18.2. The molecular formula is C17H17F2N3O2S. The summed E-state index contributed by atoms with van der Waals surface area (Å²) in [6, 6.07) is 13.7. The lowest BCUT2D eigenvalue weighted by Crippen LogP contribution is -2.42. The summed E-state index contributed by atoms with van der Waals surface area (Å²) in [7, 11) is 1.41. The Morgan fingerprint density at radius 2 is 1.64 bits per heavy atom. The van der Waals surface area contributed by atoms with Gasteiger partial charge in [-0.15, -0.1) is 0 Å². The summed E-state index contributed by atoms with van der Waals surface area (Å²) in [5, 5.41) is 7.57. The molecule has 0 saturated carbocycles. The van der Waals surface area contributed by atoms with E-state index in [0.717, 1.165) is 0 Å². The van der Waals surface area contributed by atoms with Gasteiger partial charge in [0.25, 0.3) is 11.7 Å². The molecule has 0 aliphatic carbocycles. The van der Waals surface area contributed by atoms with Crippen LogP contribution >= 0.6 is 11.8 Å². The highest BCUT2D eigenvalue weighted by Gasteiger charge is 2.22. The van der Waals surface area contributed by atoms with E-state index in [-0.39, 0.29) is 0 Å². The molecule has 2 rings (SSSR count). The Balaban J connectivity index is 2.18. The van der Waals surface area contributed by atoms with Crippen LogP contribution < -0.4 is 16.0 Å². The fourth-order valence-corrected chi connectivity index (χ4v) is 2.59. The molecule has 3 amide bonds. The van der Waals surface area contributed by atoms with Gasteiger partial charge in [-0.1, -0.05) is 42.1 Å². The normalized spacial score (nSPS) is 11.7. The number of alkyl halides is 2. The lowest BCUT2D eigenvalue weighted by Gasteiger charge is -2.19. The Morgan fingerprint density at radius 1 is 1.00 bits per heavy atom. The molecule has 2 aromatic carbocycles. The first-order valence-electron chi connectivity index (χ1n) is 7.38. The number of imide groups is 1. The highest BCUT2D eigenvalue weighted by Crippen LogP contribution is 2.27. The van der Waals surface area contributed by atoms with Crippen LogP contribution in [0.25, 0.3) is 0 Å². The van der Waals surface area contributed by atoms with Crippen LogP contribution in [-0.4, -0.2) is 24.7 Å². The second-order valence-electron chi connectivity index (χ2n) is 4.96. The fourth-order valence-electron chi connectivity index (χ4n) is 2.09. The molecule has 25 heavy (non-hydrogen) atoms. The van der Waals surface area contributed by atoms with Crippen molar-refractivity contribution in [2.75, 3.05) is 12.4 Å². The lowest BCUT2D eigenvalue weighted by molar-refractivity contribution is -0.120. The zero-order valence-electron chi connectivity index (χ0n) is 13.3. The average molecular weight is 365 g/mol. The molecule has 0 heterocycles. The van der Waals surface area contributed by atoms with E-state index in [0.29, 0.717) is 27.9 Å². The third-order valence-electron chi connectivity index (χ3n) is 3.25. The maximum absolute atomic E-state index is 12.4. The number of carbonyl (C=O) groups excluding carboxylic acids is 2. The first kappa shape index (κ1) is 18.7. The van der Waals surface area contributed by atoms with Gasteiger partial charge in [-0.2, -0.15) is 8.78 Å². The third kappa shape index (κ3) is 5.75. The summed E-state index contributed by atoms with van der Waals surface area (Å²) in [5.41, 5.74) is 1.23. The zero-order valence-corrected chi connectivity index (χ0v) is 14.1. The SMILES string of the molecule is CNC(=O)NC(=O)[C@@H](Nc1ccc(SC(F)F)cc1)c1ccccc1. The second-order valence-corrected chi connectivity index (χ2v) is 6.02. The van der Waals surface area contributed by atoms with E-state index in [1.54, 1.807) is 36.4 Å². The standard InChI is InChI=1S/C17H17F2N3O2S/c1-20-17(24)22-15(23)14(11-5-3-2-4-6-11)21-12-7-9-13(10-8-12)25-16(18)19/h2-10,14,16,21H,1H3,(H2,20,22,23,24)/t14-/m0/s1.